The number of esters is 1. The fourth-order valence-corrected chi connectivity index (χ4v) is 4.88. The molecule has 8 nitrogen and oxygen atoms in total. The monoisotopic (exact) mass is 634 g/mol. The van der Waals surface area contributed by atoms with E-state index in [4.69, 9.17) is 9.47 Å². The molecule has 0 aromatic heterocycles. The van der Waals surface area contributed by atoms with Crippen LogP contribution in [-0.2, 0) is 23.9 Å². The third-order valence-corrected chi connectivity index (χ3v) is 7.38. The fraction of sp³-hybridized carbons (Fsp3) is 0.784. The average molecular weight is 635 g/mol. The van der Waals surface area contributed by atoms with Gasteiger partial charge in [0, 0.05) is 5.92 Å². The highest BCUT2D eigenvalue weighted by atomic mass is 16.6. The number of allylic oxidation sites excluding steroid dienone is 4. The van der Waals surface area contributed by atoms with Crippen molar-refractivity contribution in [3.63, 3.8) is 0 Å². The Balaban J connectivity index is 5.08. The maximum Gasteiger partial charge on any atom is 0.408 e. The van der Waals surface area contributed by atoms with Gasteiger partial charge in [0.15, 0.2) is 5.78 Å². The van der Waals surface area contributed by atoms with Gasteiger partial charge in [-0.1, -0.05) is 96.9 Å². The molecule has 0 saturated heterocycles. The first-order chi connectivity index (χ1) is 21.1. The molecular weight excluding hydrogens is 568 g/mol. The number of nitrogens with one attached hydrogen (secondary N) is 2. The fourth-order valence-electron chi connectivity index (χ4n) is 4.88. The normalized spacial score (nSPS) is 13.6. The number of rotatable bonds is 24. The first-order valence-electron chi connectivity index (χ1n) is 17.4. The van der Waals surface area contributed by atoms with Crippen molar-refractivity contribution in [1.82, 2.24) is 10.6 Å². The van der Waals surface area contributed by atoms with Crippen molar-refractivity contribution in [2.24, 2.45) is 11.8 Å². The third kappa shape index (κ3) is 22.5. The van der Waals surface area contributed by atoms with Gasteiger partial charge >= 0.3 is 12.1 Å². The molecule has 2 unspecified atom stereocenters. The molecule has 0 aromatic rings. The summed E-state index contributed by atoms with van der Waals surface area (Å²) in [7, 11) is 0. The first-order valence-corrected chi connectivity index (χ1v) is 17.4. The molecule has 45 heavy (non-hydrogen) atoms. The summed E-state index contributed by atoms with van der Waals surface area (Å²) in [6.07, 6.45) is 21.9. The van der Waals surface area contributed by atoms with E-state index < -0.39 is 35.2 Å². The third-order valence-electron chi connectivity index (χ3n) is 7.38. The molecule has 2 atom stereocenters. The molecule has 0 aliphatic heterocycles. The van der Waals surface area contributed by atoms with Crippen LogP contribution in [0.15, 0.2) is 24.3 Å². The van der Waals surface area contributed by atoms with Crippen LogP contribution in [0.1, 0.15) is 152 Å². The molecule has 260 valence electrons. The predicted molar refractivity (Wildman–Crippen MR) is 184 cm³/mol. The largest absolute Gasteiger partial charge is 0.456 e. The number of ether oxygens (including phenoxy) is 2. The minimum absolute atomic E-state index is 0.0622. The molecule has 8 heteroatoms. The van der Waals surface area contributed by atoms with Crippen LogP contribution in [0.4, 0.5) is 4.79 Å². The summed E-state index contributed by atoms with van der Waals surface area (Å²) in [5.74, 6) is -1.30. The maximum atomic E-state index is 13.2. The van der Waals surface area contributed by atoms with Gasteiger partial charge in [-0.2, -0.15) is 0 Å². The zero-order valence-corrected chi connectivity index (χ0v) is 30.1. The van der Waals surface area contributed by atoms with Gasteiger partial charge in [-0.15, -0.1) is 0 Å². The molecule has 0 radical (unpaired) electrons. The Bertz CT molecular complexity index is 916. The van der Waals surface area contributed by atoms with Crippen molar-refractivity contribution in [3.05, 3.63) is 24.3 Å². The molecule has 0 spiro atoms. The Morgan fingerprint density at radius 3 is 1.96 bits per heavy atom. The minimum atomic E-state index is -1.39. The summed E-state index contributed by atoms with van der Waals surface area (Å²) in [5.41, 5.74) is -2.10. The van der Waals surface area contributed by atoms with E-state index >= 15 is 0 Å². The number of carbonyl (C=O) groups excluding carboxylic acids is 4. The van der Waals surface area contributed by atoms with E-state index in [0.29, 0.717) is 6.42 Å². The summed E-state index contributed by atoms with van der Waals surface area (Å²) in [5, 5.41) is 5.33. The van der Waals surface area contributed by atoms with Crippen LogP contribution >= 0.6 is 0 Å². The van der Waals surface area contributed by atoms with Gasteiger partial charge in [-0.3, -0.25) is 9.59 Å². The lowest BCUT2D eigenvalue weighted by atomic mass is 9.91. The number of carbonyl (C=O) groups is 4. The van der Waals surface area contributed by atoms with E-state index in [-0.39, 0.29) is 24.2 Å². The van der Waals surface area contributed by atoms with Gasteiger partial charge in [0.1, 0.15) is 23.8 Å². The van der Waals surface area contributed by atoms with Crippen LogP contribution < -0.4 is 10.6 Å². The minimum Gasteiger partial charge on any atom is -0.456 e. The van der Waals surface area contributed by atoms with E-state index in [9.17, 15) is 19.2 Å². The van der Waals surface area contributed by atoms with E-state index in [0.717, 1.165) is 64.2 Å². The Labute approximate surface area is 274 Å². The first kappa shape index (κ1) is 42.4. The van der Waals surface area contributed by atoms with Crippen LogP contribution in [0.3, 0.4) is 0 Å². The lowest BCUT2D eigenvalue weighted by molar-refractivity contribution is -0.156. The number of ketones is 1. The SMILES string of the molecule is CCC=CCC=CCCCCCC(CCCCCCC)C(=O)COC(=O)C(C)(C)NC(=O)C(CC(C)C)NC(=O)OC(C)(C)C. The molecule has 0 bridgehead atoms. The second-order valence-electron chi connectivity index (χ2n) is 14.1. The molecule has 2 N–H and O–H groups in total. The van der Waals surface area contributed by atoms with Crippen LogP contribution in [0, 0.1) is 11.8 Å². The Morgan fingerprint density at radius 1 is 0.778 bits per heavy atom. The van der Waals surface area contributed by atoms with Gasteiger partial charge < -0.3 is 20.1 Å². The van der Waals surface area contributed by atoms with Crippen LogP contribution in [0.5, 0.6) is 0 Å². The highest BCUT2D eigenvalue weighted by molar-refractivity contribution is 5.92. The predicted octanol–water partition coefficient (Wildman–Crippen LogP) is 8.77. The van der Waals surface area contributed by atoms with E-state index in [1.807, 2.05) is 13.8 Å². The smallest absolute Gasteiger partial charge is 0.408 e. The molecule has 0 fully saturated rings. The molecular formula is C37H66N2O6. The Morgan fingerprint density at radius 2 is 1.38 bits per heavy atom. The number of amides is 2. The lowest BCUT2D eigenvalue weighted by Gasteiger charge is -2.29. The molecule has 0 aliphatic carbocycles. The summed E-state index contributed by atoms with van der Waals surface area (Å²) < 4.78 is 10.8. The number of unbranched alkanes of at least 4 members (excludes halogenated alkanes) is 7. The average Bonchev–Trinajstić information content (AvgIpc) is 2.93. The summed E-state index contributed by atoms with van der Waals surface area (Å²) in [4.78, 5) is 51.8. The molecule has 0 aromatic carbocycles. The topological polar surface area (TPSA) is 111 Å². The van der Waals surface area contributed by atoms with Crippen molar-refractivity contribution in [3.8, 4) is 0 Å². The van der Waals surface area contributed by atoms with E-state index in [1.54, 1.807) is 20.8 Å². The van der Waals surface area contributed by atoms with Crippen LogP contribution in [0.2, 0.25) is 0 Å². The standard InChI is InChI=1S/C37H66N2O6/c1-10-12-14-16-17-18-19-20-22-24-26-30(25-23-21-15-13-11-2)32(40)28-44-34(42)37(8,9)39-33(41)31(27-29(3)4)38-35(43)45-36(5,6)7/h12,14,17-18,29-31H,10-11,13,15-16,19-28H2,1-9H3,(H,38,43)(H,39,41). The summed E-state index contributed by atoms with van der Waals surface area (Å²) in [6, 6.07) is -0.890. The zero-order valence-electron chi connectivity index (χ0n) is 30.1. The van der Waals surface area contributed by atoms with Crippen LogP contribution in [0.25, 0.3) is 0 Å². The highest BCUT2D eigenvalue weighted by Gasteiger charge is 2.35. The maximum absolute atomic E-state index is 13.2. The lowest BCUT2D eigenvalue weighted by Crippen LogP contribution is -2.57. The van der Waals surface area contributed by atoms with Gasteiger partial charge in [0.05, 0.1) is 0 Å². The second kappa shape index (κ2) is 23.7. The van der Waals surface area contributed by atoms with Crippen molar-refractivity contribution >= 4 is 23.8 Å². The van der Waals surface area contributed by atoms with Gasteiger partial charge in [0.2, 0.25) is 5.91 Å². The van der Waals surface area contributed by atoms with E-state index in [1.165, 1.54) is 33.1 Å². The van der Waals surface area contributed by atoms with Crippen molar-refractivity contribution < 1.29 is 28.7 Å². The quantitative estimate of drug-likeness (QED) is 0.0624. The van der Waals surface area contributed by atoms with Gasteiger partial charge in [-0.05, 0) is 85.5 Å². The summed E-state index contributed by atoms with van der Waals surface area (Å²) in [6.45, 7) is 16.2. The molecule has 2 amide bonds. The van der Waals surface area contributed by atoms with Gasteiger partial charge in [0.25, 0.3) is 0 Å². The Hall–Kier alpha value is -2.64. The molecule has 0 heterocycles. The van der Waals surface area contributed by atoms with E-state index in [2.05, 4.69) is 48.8 Å². The molecule has 0 aliphatic rings. The summed E-state index contributed by atoms with van der Waals surface area (Å²) >= 11 is 0. The second-order valence-corrected chi connectivity index (χ2v) is 14.1. The number of Topliss-reactive ketones (excluding diaryl/α,β-unsaturated/α-hetero) is 1. The molecule has 0 rings (SSSR count). The highest BCUT2D eigenvalue weighted by Crippen LogP contribution is 2.21. The number of alkyl carbamates (subject to hydrolysis) is 1. The van der Waals surface area contributed by atoms with Crippen LogP contribution in [-0.4, -0.2) is 47.5 Å². The molecule has 0 saturated carbocycles. The van der Waals surface area contributed by atoms with Crippen molar-refractivity contribution in [2.45, 2.75) is 169 Å². The Kier molecular flexibility index (Phi) is 22.3. The van der Waals surface area contributed by atoms with Gasteiger partial charge in [-0.25, -0.2) is 9.59 Å². The van der Waals surface area contributed by atoms with Crippen molar-refractivity contribution in [2.75, 3.05) is 6.61 Å². The number of hydrogen-bond donors (Lipinski definition) is 2. The van der Waals surface area contributed by atoms with Crippen molar-refractivity contribution in [1.29, 1.82) is 0 Å². The zero-order chi connectivity index (χ0) is 34.3. The number of hydrogen-bond acceptors (Lipinski definition) is 6.